The first kappa shape index (κ1) is 20.5. The van der Waals surface area contributed by atoms with E-state index in [9.17, 15) is 14.4 Å². The van der Waals surface area contributed by atoms with E-state index in [-0.39, 0.29) is 19.1 Å². The maximum Gasteiger partial charge on any atom is 0.276 e. The fraction of sp³-hybridized carbons (Fsp3) is 0.200. The van der Waals surface area contributed by atoms with Crippen molar-refractivity contribution in [3.8, 4) is 11.8 Å². The largest absolute Gasteiger partial charge is 0.484 e. The van der Waals surface area contributed by atoms with E-state index >= 15 is 0 Å². The molecule has 2 aromatic rings. The van der Waals surface area contributed by atoms with Crippen molar-refractivity contribution in [1.82, 2.24) is 16.2 Å². The Kier molecular flexibility index (Phi) is 7.11. The van der Waals surface area contributed by atoms with Crippen LogP contribution in [0.4, 0.5) is 0 Å². The number of rotatable bonds is 6. The molecule has 0 saturated carbocycles. The number of aryl methyl sites for hydroxylation is 2. The van der Waals surface area contributed by atoms with Crippen molar-refractivity contribution >= 4 is 17.7 Å². The number of carbonyl (C=O) groups excluding carboxylic acids is 3. The lowest BCUT2D eigenvalue weighted by atomic mass is 10.1. The number of nitriles is 1. The van der Waals surface area contributed by atoms with Crippen LogP contribution in [0.15, 0.2) is 42.5 Å². The van der Waals surface area contributed by atoms with E-state index in [1.165, 1.54) is 0 Å². The van der Waals surface area contributed by atoms with Crippen LogP contribution in [0.5, 0.6) is 5.75 Å². The number of ether oxygens (including phenoxy) is 1. The van der Waals surface area contributed by atoms with Gasteiger partial charge in [0.1, 0.15) is 5.75 Å². The van der Waals surface area contributed by atoms with Crippen LogP contribution >= 0.6 is 0 Å². The zero-order valence-corrected chi connectivity index (χ0v) is 15.5. The molecule has 0 aliphatic carbocycles. The van der Waals surface area contributed by atoms with Crippen molar-refractivity contribution in [2.45, 2.75) is 13.8 Å². The lowest BCUT2D eigenvalue weighted by Crippen LogP contribution is -2.47. The van der Waals surface area contributed by atoms with Gasteiger partial charge in [0.2, 0.25) is 0 Å². The van der Waals surface area contributed by atoms with E-state index in [2.05, 4.69) is 16.2 Å². The second kappa shape index (κ2) is 9.73. The molecule has 0 aliphatic heterocycles. The molecule has 2 aromatic carbocycles. The van der Waals surface area contributed by atoms with Crippen LogP contribution in [0.25, 0.3) is 0 Å². The van der Waals surface area contributed by atoms with E-state index in [0.717, 1.165) is 11.1 Å². The van der Waals surface area contributed by atoms with Gasteiger partial charge in [-0.05, 0) is 61.4 Å². The summed E-state index contributed by atoms with van der Waals surface area (Å²) in [6.45, 7) is 3.23. The monoisotopic (exact) mass is 380 g/mol. The number of hydrazine groups is 1. The van der Waals surface area contributed by atoms with Gasteiger partial charge < -0.3 is 10.1 Å². The van der Waals surface area contributed by atoms with Crippen LogP contribution in [0, 0.1) is 25.2 Å². The average molecular weight is 380 g/mol. The third-order valence-electron chi connectivity index (χ3n) is 3.87. The molecule has 0 heterocycles. The van der Waals surface area contributed by atoms with Crippen LogP contribution < -0.4 is 20.9 Å². The highest BCUT2D eigenvalue weighted by molar-refractivity contribution is 5.96. The van der Waals surface area contributed by atoms with E-state index in [4.69, 9.17) is 10.00 Å². The number of benzene rings is 2. The van der Waals surface area contributed by atoms with Crippen molar-refractivity contribution in [2.75, 3.05) is 13.2 Å². The molecule has 28 heavy (non-hydrogen) atoms. The van der Waals surface area contributed by atoms with Crippen LogP contribution in [0.2, 0.25) is 0 Å². The molecule has 0 aliphatic rings. The van der Waals surface area contributed by atoms with Crippen LogP contribution in [0.1, 0.15) is 27.0 Å². The third-order valence-corrected chi connectivity index (χ3v) is 3.87. The molecule has 3 amide bonds. The summed E-state index contributed by atoms with van der Waals surface area (Å²) < 4.78 is 5.23. The first-order chi connectivity index (χ1) is 13.4. The summed E-state index contributed by atoms with van der Waals surface area (Å²) in [5.74, 6) is -1.11. The van der Waals surface area contributed by atoms with Crippen molar-refractivity contribution < 1.29 is 19.1 Å². The minimum Gasteiger partial charge on any atom is -0.484 e. The first-order valence-electron chi connectivity index (χ1n) is 8.45. The molecule has 0 aromatic heterocycles. The van der Waals surface area contributed by atoms with Gasteiger partial charge in [0.25, 0.3) is 17.7 Å². The van der Waals surface area contributed by atoms with Gasteiger partial charge >= 0.3 is 0 Å². The van der Waals surface area contributed by atoms with Crippen LogP contribution in [-0.4, -0.2) is 30.9 Å². The number of hydrogen-bond donors (Lipinski definition) is 3. The molecule has 0 unspecified atom stereocenters. The van der Waals surface area contributed by atoms with E-state index in [1.807, 2.05) is 26.0 Å². The molecule has 8 nitrogen and oxygen atoms in total. The quantitative estimate of drug-likeness (QED) is 0.649. The van der Waals surface area contributed by atoms with Crippen molar-refractivity contribution in [2.24, 2.45) is 0 Å². The Hall–Kier alpha value is -3.86. The summed E-state index contributed by atoms with van der Waals surface area (Å²) in [5, 5.41) is 11.2. The zero-order valence-electron chi connectivity index (χ0n) is 15.5. The molecule has 2 rings (SSSR count). The van der Waals surface area contributed by atoms with E-state index in [0.29, 0.717) is 16.9 Å². The minimum absolute atomic E-state index is 0.289. The summed E-state index contributed by atoms with van der Waals surface area (Å²) in [4.78, 5) is 35.5. The van der Waals surface area contributed by atoms with Crippen LogP contribution in [0.3, 0.4) is 0 Å². The Morgan fingerprint density at radius 2 is 1.64 bits per heavy atom. The maximum atomic E-state index is 12.0. The van der Waals surface area contributed by atoms with Crippen molar-refractivity contribution in [3.05, 3.63) is 64.7 Å². The summed E-state index contributed by atoms with van der Waals surface area (Å²) in [5.41, 5.74) is 7.36. The number of hydrogen-bond acceptors (Lipinski definition) is 5. The topological polar surface area (TPSA) is 120 Å². The molecule has 0 saturated heterocycles. The SMILES string of the molecule is Cc1ccc(C(=O)NCC(=O)NNC(=O)COc2ccc(C#N)cc2)cc1C. The smallest absolute Gasteiger partial charge is 0.276 e. The van der Waals surface area contributed by atoms with Gasteiger partial charge in [-0.15, -0.1) is 0 Å². The normalized spacial score (nSPS) is 9.75. The predicted octanol–water partition coefficient (Wildman–Crippen LogP) is 1.13. The molecule has 0 atom stereocenters. The lowest BCUT2D eigenvalue weighted by Gasteiger charge is -2.10. The minimum atomic E-state index is -0.580. The van der Waals surface area contributed by atoms with E-state index < -0.39 is 11.8 Å². The summed E-state index contributed by atoms with van der Waals surface area (Å²) in [6, 6.07) is 13.5. The Labute approximate surface area is 162 Å². The van der Waals surface area contributed by atoms with Gasteiger partial charge in [-0.25, -0.2) is 0 Å². The fourth-order valence-corrected chi connectivity index (χ4v) is 2.14. The number of carbonyl (C=O) groups is 3. The molecule has 0 bridgehead atoms. The molecule has 3 N–H and O–H groups in total. The Balaban J connectivity index is 1.69. The van der Waals surface area contributed by atoms with Crippen LogP contribution in [-0.2, 0) is 9.59 Å². The third kappa shape index (κ3) is 6.14. The average Bonchev–Trinajstić information content (AvgIpc) is 2.71. The molecule has 0 fully saturated rings. The predicted molar refractivity (Wildman–Crippen MR) is 101 cm³/mol. The summed E-state index contributed by atoms with van der Waals surface area (Å²) in [6.07, 6.45) is 0. The second-order valence-corrected chi connectivity index (χ2v) is 6.00. The number of amides is 3. The summed E-state index contributed by atoms with van der Waals surface area (Å²) in [7, 11) is 0. The van der Waals surface area contributed by atoms with Crippen molar-refractivity contribution in [3.63, 3.8) is 0 Å². The van der Waals surface area contributed by atoms with Crippen molar-refractivity contribution in [1.29, 1.82) is 5.26 Å². The Morgan fingerprint density at radius 3 is 2.29 bits per heavy atom. The maximum absolute atomic E-state index is 12.0. The molecular formula is C20H20N4O4. The first-order valence-corrected chi connectivity index (χ1v) is 8.45. The molecule has 8 heteroatoms. The Morgan fingerprint density at radius 1 is 0.964 bits per heavy atom. The Bertz CT molecular complexity index is 917. The van der Waals surface area contributed by atoms with Gasteiger partial charge in [0, 0.05) is 5.56 Å². The molecule has 0 spiro atoms. The number of nitrogens with zero attached hydrogens (tertiary/aromatic N) is 1. The van der Waals surface area contributed by atoms with Gasteiger partial charge in [0.05, 0.1) is 18.2 Å². The highest BCUT2D eigenvalue weighted by Crippen LogP contribution is 2.11. The standard InChI is InChI=1S/C20H20N4O4/c1-13-3-6-16(9-14(13)2)20(27)22-11-18(25)23-24-19(26)12-28-17-7-4-15(10-21)5-8-17/h3-9H,11-12H2,1-2H3,(H,22,27)(H,23,25)(H,24,26). The zero-order chi connectivity index (χ0) is 20.5. The fourth-order valence-electron chi connectivity index (χ4n) is 2.14. The molecule has 0 radical (unpaired) electrons. The van der Waals surface area contributed by atoms with Gasteiger partial charge in [-0.1, -0.05) is 6.07 Å². The molecule has 144 valence electrons. The van der Waals surface area contributed by atoms with Gasteiger partial charge in [-0.3, -0.25) is 25.2 Å². The number of nitrogens with one attached hydrogen (secondary N) is 3. The van der Waals surface area contributed by atoms with Gasteiger partial charge in [0.15, 0.2) is 6.61 Å². The highest BCUT2D eigenvalue weighted by Gasteiger charge is 2.10. The van der Waals surface area contributed by atoms with E-state index in [1.54, 1.807) is 36.4 Å². The highest BCUT2D eigenvalue weighted by atomic mass is 16.5. The molecular weight excluding hydrogens is 360 g/mol. The second-order valence-electron chi connectivity index (χ2n) is 6.00. The van der Waals surface area contributed by atoms with Gasteiger partial charge in [-0.2, -0.15) is 5.26 Å². The summed E-state index contributed by atoms with van der Waals surface area (Å²) >= 11 is 0. The lowest BCUT2D eigenvalue weighted by molar-refractivity contribution is -0.129.